The van der Waals surface area contributed by atoms with Crippen molar-refractivity contribution in [3.8, 4) is 0 Å². The Morgan fingerprint density at radius 2 is 1.72 bits per heavy atom. The van der Waals surface area contributed by atoms with Crippen LogP contribution in [0.3, 0.4) is 0 Å². The smallest absolute Gasteiger partial charge is 0.379 e. The molecule has 2 rings (SSSR count). The molecule has 0 aromatic rings. The Kier molecular flexibility index (Phi) is 4.15. The van der Waals surface area contributed by atoms with Crippen LogP contribution in [0.4, 0.5) is 13.2 Å². The van der Waals surface area contributed by atoms with Gasteiger partial charge in [0.15, 0.2) is 0 Å². The second-order valence-corrected chi connectivity index (χ2v) is 5.33. The third-order valence-electron chi connectivity index (χ3n) is 3.54. The molecule has 0 amide bonds. The predicted molar refractivity (Wildman–Crippen MR) is 61.3 cm³/mol. The SMILES string of the molecule is NC1(CN2CCN(CC(F)(F)F)CC2)CCOC1. The summed E-state index contributed by atoms with van der Waals surface area (Å²) >= 11 is 0. The molecule has 0 aliphatic carbocycles. The third-order valence-corrected chi connectivity index (χ3v) is 3.54. The van der Waals surface area contributed by atoms with E-state index in [9.17, 15) is 13.2 Å². The molecule has 1 unspecified atom stereocenters. The Morgan fingerprint density at radius 1 is 1.11 bits per heavy atom. The number of nitrogens with two attached hydrogens (primary N) is 1. The van der Waals surface area contributed by atoms with Crippen LogP contribution in [-0.4, -0.2) is 74.0 Å². The molecule has 0 radical (unpaired) electrons. The first-order chi connectivity index (χ1) is 8.36. The first-order valence-corrected chi connectivity index (χ1v) is 6.24. The average Bonchev–Trinajstić information content (AvgIpc) is 2.66. The number of rotatable bonds is 3. The third kappa shape index (κ3) is 4.08. The summed E-state index contributed by atoms with van der Waals surface area (Å²) in [6, 6.07) is 0. The molecule has 2 aliphatic rings. The van der Waals surface area contributed by atoms with E-state index in [-0.39, 0.29) is 5.54 Å². The Bertz CT molecular complexity index is 271. The molecule has 18 heavy (non-hydrogen) atoms. The lowest BCUT2D eigenvalue weighted by Gasteiger charge is -2.38. The molecular weight excluding hydrogens is 247 g/mol. The maximum Gasteiger partial charge on any atom is 0.401 e. The van der Waals surface area contributed by atoms with Gasteiger partial charge in [-0.1, -0.05) is 0 Å². The number of hydrogen-bond acceptors (Lipinski definition) is 4. The van der Waals surface area contributed by atoms with Crippen LogP contribution in [0.25, 0.3) is 0 Å². The van der Waals surface area contributed by atoms with Gasteiger partial charge in [-0.15, -0.1) is 0 Å². The van der Waals surface area contributed by atoms with Crippen LogP contribution in [0.5, 0.6) is 0 Å². The highest BCUT2D eigenvalue weighted by Gasteiger charge is 2.35. The molecule has 0 aromatic carbocycles. The molecule has 2 N–H and O–H groups in total. The standard InChI is InChI=1S/C11H20F3N3O/c12-11(13,14)8-17-4-2-16(3-5-17)7-10(15)1-6-18-9-10/h1-9,15H2. The maximum absolute atomic E-state index is 12.2. The zero-order valence-electron chi connectivity index (χ0n) is 10.4. The quantitative estimate of drug-likeness (QED) is 0.798. The van der Waals surface area contributed by atoms with E-state index in [2.05, 4.69) is 4.90 Å². The van der Waals surface area contributed by atoms with E-state index in [4.69, 9.17) is 10.5 Å². The Labute approximate surface area is 105 Å². The van der Waals surface area contributed by atoms with Gasteiger partial charge in [0.25, 0.3) is 0 Å². The fraction of sp³-hybridized carbons (Fsp3) is 1.00. The molecule has 0 spiro atoms. The second kappa shape index (κ2) is 5.32. The zero-order valence-corrected chi connectivity index (χ0v) is 10.4. The monoisotopic (exact) mass is 267 g/mol. The van der Waals surface area contributed by atoms with Crippen LogP contribution in [0.1, 0.15) is 6.42 Å². The van der Waals surface area contributed by atoms with Crippen LogP contribution in [0.15, 0.2) is 0 Å². The van der Waals surface area contributed by atoms with E-state index in [1.54, 1.807) is 0 Å². The number of ether oxygens (including phenoxy) is 1. The largest absolute Gasteiger partial charge is 0.401 e. The van der Waals surface area contributed by atoms with Crippen LogP contribution < -0.4 is 5.73 Å². The first-order valence-electron chi connectivity index (χ1n) is 6.24. The number of halogens is 3. The summed E-state index contributed by atoms with van der Waals surface area (Å²) in [4.78, 5) is 3.59. The van der Waals surface area contributed by atoms with Gasteiger partial charge in [-0.25, -0.2) is 0 Å². The summed E-state index contributed by atoms with van der Waals surface area (Å²) in [5, 5.41) is 0. The van der Waals surface area contributed by atoms with Crippen molar-refractivity contribution in [2.45, 2.75) is 18.1 Å². The second-order valence-electron chi connectivity index (χ2n) is 5.33. The molecule has 2 aliphatic heterocycles. The van der Waals surface area contributed by atoms with Gasteiger partial charge in [0, 0.05) is 39.3 Å². The lowest BCUT2D eigenvalue weighted by Crippen LogP contribution is -2.56. The highest BCUT2D eigenvalue weighted by atomic mass is 19.4. The van der Waals surface area contributed by atoms with Crippen LogP contribution in [-0.2, 0) is 4.74 Å². The Morgan fingerprint density at radius 3 is 2.22 bits per heavy atom. The van der Waals surface area contributed by atoms with Crippen LogP contribution in [0.2, 0.25) is 0 Å². The van der Waals surface area contributed by atoms with E-state index in [0.29, 0.717) is 45.9 Å². The summed E-state index contributed by atoms with van der Waals surface area (Å²) in [6.45, 7) is 3.35. The fourth-order valence-corrected chi connectivity index (χ4v) is 2.55. The van der Waals surface area contributed by atoms with Gasteiger partial charge in [-0.05, 0) is 6.42 Å². The zero-order chi connectivity index (χ0) is 13.2. The highest BCUT2D eigenvalue weighted by Crippen LogP contribution is 2.20. The van der Waals surface area contributed by atoms with E-state index in [0.717, 1.165) is 6.42 Å². The minimum absolute atomic E-state index is 0.313. The first kappa shape index (κ1) is 14.0. The minimum atomic E-state index is -4.10. The van der Waals surface area contributed by atoms with E-state index >= 15 is 0 Å². The van der Waals surface area contributed by atoms with Gasteiger partial charge >= 0.3 is 6.18 Å². The molecule has 0 aromatic heterocycles. The number of piperazine rings is 1. The van der Waals surface area contributed by atoms with Crippen LogP contribution >= 0.6 is 0 Å². The normalized spacial score (nSPS) is 32.0. The fourth-order valence-electron chi connectivity index (χ4n) is 2.55. The molecular formula is C11H20F3N3O. The highest BCUT2D eigenvalue weighted by molar-refractivity contribution is 4.92. The summed E-state index contributed by atoms with van der Waals surface area (Å²) in [7, 11) is 0. The van der Waals surface area contributed by atoms with E-state index in [1.807, 2.05) is 0 Å². The molecule has 2 fully saturated rings. The lowest BCUT2D eigenvalue weighted by molar-refractivity contribution is -0.149. The number of hydrogen-bond donors (Lipinski definition) is 1. The molecule has 1 atom stereocenters. The van der Waals surface area contributed by atoms with Crippen molar-refractivity contribution >= 4 is 0 Å². The summed E-state index contributed by atoms with van der Waals surface area (Å²) in [5.74, 6) is 0. The summed E-state index contributed by atoms with van der Waals surface area (Å²) in [5.41, 5.74) is 5.85. The molecule has 0 bridgehead atoms. The Balaban J connectivity index is 1.73. The van der Waals surface area contributed by atoms with E-state index < -0.39 is 12.7 Å². The molecule has 4 nitrogen and oxygen atoms in total. The average molecular weight is 267 g/mol. The van der Waals surface area contributed by atoms with Gasteiger partial charge in [0.1, 0.15) is 0 Å². The van der Waals surface area contributed by atoms with Crippen molar-refractivity contribution in [2.75, 3.05) is 52.5 Å². The van der Waals surface area contributed by atoms with Crippen molar-refractivity contribution < 1.29 is 17.9 Å². The van der Waals surface area contributed by atoms with Crippen molar-refractivity contribution in [1.82, 2.24) is 9.80 Å². The number of nitrogens with zero attached hydrogens (tertiary/aromatic N) is 2. The molecule has 106 valence electrons. The number of alkyl halides is 3. The molecule has 0 saturated carbocycles. The van der Waals surface area contributed by atoms with Crippen molar-refractivity contribution in [1.29, 1.82) is 0 Å². The van der Waals surface area contributed by atoms with Gasteiger partial charge in [-0.3, -0.25) is 9.80 Å². The van der Waals surface area contributed by atoms with Gasteiger partial charge in [0.2, 0.25) is 0 Å². The molecule has 7 heteroatoms. The maximum atomic E-state index is 12.2. The predicted octanol–water partition coefficient (Wildman–Crippen LogP) is 0.284. The van der Waals surface area contributed by atoms with Crippen molar-refractivity contribution in [3.63, 3.8) is 0 Å². The topological polar surface area (TPSA) is 41.7 Å². The minimum Gasteiger partial charge on any atom is -0.379 e. The van der Waals surface area contributed by atoms with E-state index in [1.165, 1.54) is 4.90 Å². The summed E-state index contributed by atoms with van der Waals surface area (Å²) < 4.78 is 42.0. The van der Waals surface area contributed by atoms with Gasteiger partial charge in [0.05, 0.1) is 18.7 Å². The van der Waals surface area contributed by atoms with Gasteiger partial charge in [-0.2, -0.15) is 13.2 Å². The molecule has 2 heterocycles. The van der Waals surface area contributed by atoms with Crippen molar-refractivity contribution in [2.24, 2.45) is 5.73 Å². The van der Waals surface area contributed by atoms with Gasteiger partial charge < -0.3 is 10.5 Å². The lowest BCUT2D eigenvalue weighted by atomic mass is 9.99. The van der Waals surface area contributed by atoms with Crippen molar-refractivity contribution in [3.05, 3.63) is 0 Å². The van der Waals surface area contributed by atoms with Crippen LogP contribution in [0, 0.1) is 0 Å². The molecule has 2 saturated heterocycles. The summed E-state index contributed by atoms with van der Waals surface area (Å²) in [6.07, 6.45) is -3.27. The Hall–Kier alpha value is -0.370.